The van der Waals surface area contributed by atoms with Crippen LogP contribution in [-0.2, 0) is 0 Å². The van der Waals surface area contributed by atoms with Crippen LogP contribution >= 0.6 is 0 Å². The number of unbranched alkanes of at least 4 members (excludes halogenated alkanes) is 7. The highest BCUT2D eigenvalue weighted by molar-refractivity contribution is 5.26. The molecule has 1 atom stereocenters. The lowest BCUT2D eigenvalue weighted by Crippen LogP contribution is -2.54. The van der Waals surface area contributed by atoms with Gasteiger partial charge in [0.05, 0.1) is 5.92 Å². The maximum atomic E-state index is 6.75. The largest absolute Gasteiger partial charge is 0.420 e. The highest BCUT2D eigenvalue weighted by atomic mass is 16.9. The Balaban J connectivity index is 1.95. The minimum absolute atomic E-state index is 0.0656. The summed E-state index contributed by atoms with van der Waals surface area (Å²) in [4.78, 5) is 0. The fraction of sp³-hybridized carbons (Fsp3) is 0.455. The van der Waals surface area contributed by atoms with Crippen LogP contribution in [0.1, 0.15) is 84.5 Å². The molecule has 0 fully saturated rings. The minimum atomic E-state index is -1.28. The summed E-state index contributed by atoms with van der Waals surface area (Å²) in [5, 5.41) is 0. The highest BCUT2D eigenvalue weighted by Gasteiger charge is 2.47. The van der Waals surface area contributed by atoms with E-state index >= 15 is 0 Å². The Labute approximate surface area is 218 Å². The van der Waals surface area contributed by atoms with Crippen molar-refractivity contribution in [1.82, 2.24) is 0 Å². The monoisotopic (exact) mass is 488 g/mol. The summed E-state index contributed by atoms with van der Waals surface area (Å²) in [7, 11) is 0. The van der Waals surface area contributed by atoms with E-state index in [1.165, 1.54) is 44.9 Å². The molecule has 0 aliphatic rings. The number of benzene rings is 3. The molecule has 0 radical (unpaired) electrons. The Morgan fingerprint density at radius 2 is 0.806 bits per heavy atom. The first-order valence-electron chi connectivity index (χ1n) is 14.0. The smallest absolute Gasteiger partial charge is 0.420 e. The van der Waals surface area contributed by atoms with Crippen molar-refractivity contribution in [2.24, 2.45) is 5.92 Å². The van der Waals surface area contributed by atoms with Crippen LogP contribution < -0.4 is 14.2 Å². The predicted molar refractivity (Wildman–Crippen MR) is 150 cm³/mol. The fourth-order valence-electron chi connectivity index (χ4n) is 4.58. The second kappa shape index (κ2) is 15.9. The van der Waals surface area contributed by atoms with Gasteiger partial charge in [0.1, 0.15) is 17.2 Å². The summed E-state index contributed by atoms with van der Waals surface area (Å²) < 4.78 is 20.3. The van der Waals surface area contributed by atoms with Crippen LogP contribution in [0.15, 0.2) is 91.0 Å². The van der Waals surface area contributed by atoms with E-state index in [4.69, 9.17) is 14.2 Å². The van der Waals surface area contributed by atoms with E-state index in [1.807, 2.05) is 91.0 Å². The second-order valence-electron chi connectivity index (χ2n) is 9.60. The van der Waals surface area contributed by atoms with E-state index in [2.05, 4.69) is 13.8 Å². The predicted octanol–water partition coefficient (Wildman–Crippen LogP) is 9.82. The lowest BCUT2D eigenvalue weighted by Gasteiger charge is -2.40. The number of rotatable bonds is 18. The van der Waals surface area contributed by atoms with Gasteiger partial charge < -0.3 is 14.2 Å². The van der Waals surface area contributed by atoms with E-state index in [1.54, 1.807) is 0 Å². The van der Waals surface area contributed by atoms with Gasteiger partial charge in [-0.1, -0.05) is 126 Å². The van der Waals surface area contributed by atoms with Crippen LogP contribution in [0.5, 0.6) is 17.2 Å². The van der Waals surface area contributed by atoms with Gasteiger partial charge in [0.2, 0.25) is 0 Å². The third-order valence-electron chi connectivity index (χ3n) is 6.57. The summed E-state index contributed by atoms with van der Waals surface area (Å²) in [5.74, 6) is 1.02. The van der Waals surface area contributed by atoms with Crippen LogP contribution in [0, 0.1) is 5.92 Å². The normalized spacial score (nSPS) is 12.2. The van der Waals surface area contributed by atoms with E-state index in [0.29, 0.717) is 0 Å². The van der Waals surface area contributed by atoms with Crippen molar-refractivity contribution in [3.63, 3.8) is 0 Å². The topological polar surface area (TPSA) is 27.7 Å². The molecule has 3 rings (SSSR count). The summed E-state index contributed by atoms with van der Waals surface area (Å²) in [6, 6.07) is 29.8. The molecule has 0 saturated heterocycles. The first-order chi connectivity index (χ1) is 17.8. The van der Waals surface area contributed by atoms with Gasteiger partial charge in [-0.3, -0.25) is 0 Å². The molecule has 1 unspecified atom stereocenters. The number of ether oxygens (including phenoxy) is 3. The average molecular weight is 489 g/mol. The molecule has 0 amide bonds. The van der Waals surface area contributed by atoms with E-state index in [-0.39, 0.29) is 5.92 Å². The van der Waals surface area contributed by atoms with E-state index < -0.39 is 5.97 Å². The first-order valence-corrected chi connectivity index (χ1v) is 14.0. The van der Waals surface area contributed by atoms with Crippen molar-refractivity contribution in [2.45, 2.75) is 90.4 Å². The van der Waals surface area contributed by atoms with Gasteiger partial charge in [-0.2, -0.15) is 0 Å². The summed E-state index contributed by atoms with van der Waals surface area (Å²) in [5.41, 5.74) is 0. The zero-order chi connectivity index (χ0) is 25.3. The minimum Gasteiger partial charge on any atom is -0.420 e. The Morgan fingerprint density at radius 1 is 0.472 bits per heavy atom. The molecular weight excluding hydrogens is 444 g/mol. The molecule has 3 aromatic carbocycles. The molecule has 0 saturated carbocycles. The van der Waals surface area contributed by atoms with Gasteiger partial charge in [0.25, 0.3) is 0 Å². The van der Waals surface area contributed by atoms with Gasteiger partial charge in [-0.05, 0) is 49.2 Å². The highest BCUT2D eigenvalue weighted by Crippen LogP contribution is 2.37. The van der Waals surface area contributed by atoms with Gasteiger partial charge in [-0.25, -0.2) is 0 Å². The zero-order valence-corrected chi connectivity index (χ0v) is 22.2. The van der Waals surface area contributed by atoms with Crippen molar-refractivity contribution in [3.05, 3.63) is 91.0 Å². The summed E-state index contributed by atoms with van der Waals surface area (Å²) >= 11 is 0. The Kier molecular flexibility index (Phi) is 12.2. The Bertz CT molecular complexity index is 826. The second-order valence-corrected chi connectivity index (χ2v) is 9.60. The number of hydrogen-bond donors (Lipinski definition) is 0. The quantitative estimate of drug-likeness (QED) is 0.132. The summed E-state index contributed by atoms with van der Waals surface area (Å²) in [6.45, 7) is 4.51. The van der Waals surface area contributed by atoms with Gasteiger partial charge >= 0.3 is 5.97 Å². The van der Waals surface area contributed by atoms with Crippen LogP contribution in [-0.4, -0.2) is 5.97 Å². The van der Waals surface area contributed by atoms with Crippen LogP contribution in [0.25, 0.3) is 0 Å². The molecule has 194 valence electrons. The van der Waals surface area contributed by atoms with Crippen molar-refractivity contribution >= 4 is 0 Å². The van der Waals surface area contributed by atoms with Crippen molar-refractivity contribution in [2.75, 3.05) is 0 Å². The lowest BCUT2D eigenvalue weighted by molar-refractivity contribution is -0.288. The third-order valence-corrected chi connectivity index (χ3v) is 6.57. The molecule has 3 nitrogen and oxygen atoms in total. The molecule has 0 heterocycles. The van der Waals surface area contributed by atoms with Crippen LogP contribution in [0.2, 0.25) is 0 Å². The maximum absolute atomic E-state index is 6.75. The molecule has 3 aromatic rings. The zero-order valence-electron chi connectivity index (χ0n) is 22.2. The SMILES string of the molecule is CCCCCCCCC(CCCCC)C(Oc1ccccc1)(Oc1ccccc1)Oc1ccccc1. The lowest BCUT2D eigenvalue weighted by atomic mass is 9.91. The Morgan fingerprint density at radius 3 is 1.22 bits per heavy atom. The van der Waals surface area contributed by atoms with E-state index in [0.717, 1.165) is 42.9 Å². The molecule has 0 aliphatic carbocycles. The van der Waals surface area contributed by atoms with Crippen LogP contribution in [0.3, 0.4) is 0 Å². The standard InChI is InChI=1S/C33H44O3/c1-3-5-7-8-9-14-22-29(21-13-6-4-2)33(34-30-23-15-10-16-24-30,35-31-25-17-11-18-26-31)36-32-27-19-12-20-28-32/h10-12,15-20,23-29H,3-9,13-14,21-22H2,1-2H3. The fourth-order valence-corrected chi connectivity index (χ4v) is 4.58. The molecule has 0 aliphatic heterocycles. The average Bonchev–Trinajstić information content (AvgIpc) is 2.91. The van der Waals surface area contributed by atoms with Gasteiger partial charge in [-0.15, -0.1) is 0 Å². The van der Waals surface area contributed by atoms with Crippen molar-refractivity contribution < 1.29 is 14.2 Å². The molecular formula is C33H44O3. The number of hydrogen-bond acceptors (Lipinski definition) is 3. The maximum Gasteiger partial charge on any atom is 0.420 e. The Hall–Kier alpha value is -2.94. The molecule has 0 bridgehead atoms. The first kappa shape index (κ1) is 27.6. The van der Waals surface area contributed by atoms with Crippen molar-refractivity contribution in [1.29, 1.82) is 0 Å². The van der Waals surface area contributed by atoms with Crippen LogP contribution in [0.4, 0.5) is 0 Å². The van der Waals surface area contributed by atoms with Gasteiger partial charge in [0.15, 0.2) is 0 Å². The van der Waals surface area contributed by atoms with Crippen molar-refractivity contribution in [3.8, 4) is 17.2 Å². The third kappa shape index (κ3) is 9.26. The molecule has 36 heavy (non-hydrogen) atoms. The number of para-hydroxylation sites is 3. The molecule has 3 heteroatoms. The summed E-state index contributed by atoms with van der Waals surface area (Å²) in [6.07, 6.45) is 13.0. The van der Waals surface area contributed by atoms with Gasteiger partial charge in [0, 0.05) is 0 Å². The van der Waals surface area contributed by atoms with E-state index in [9.17, 15) is 0 Å². The molecule has 0 spiro atoms. The molecule has 0 N–H and O–H groups in total. The molecule has 0 aromatic heterocycles.